The summed E-state index contributed by atoms with van der Waals surface area (Å²) in [5.74, 6) is -0.792. The molecule has 0 bridgehead atoms. The molecule has 0 saturated carbocycles. The minimum atomic E-state index is -0.834. The first kappa shape index (κ1) is 27.7. The number of benzene rings is 1. The number of piperazine rings is 1. The number of ketones is 1. The summed E-state index contributed by atoms with van der Waals surface area (Å²) >= 11 is 1.63. The normalized spacial score (nSPS) is 24.6. The fourth-order valence-corrected chi connectivity index (χ4v) is 6.30. The van der Waals surface area contributed by atoms with Crippen LogP contribution in [0.5, 0.6) is 0 Å². The Labute approximate surface area is 233 Å². The minimum Gasteiger partial charge on any atom is -0.377 e. The molecule has 1 N–H and O–H groups in total. The molecule has 2 aromatic rings. The lowest BCUT2D eigenvalue weighted by Crippen LogP contribution is -2.57. The lowest BCUT2D eigenvalue weighted by Gasteiger charge is -2.34. The van der Waals surface area contributed by atoms with Gasteiger partial charge in [-0.2, -0.15) is 0 Å². The van der Waals surface area contributed by atoms with Crippen molar-refractivity contribution >= 4 is 34.1 Å². The van der Waals surface area contributed by atoms with Crippen molar-refractivity contribution in [3.63, 3.8) is 0 Å². The number of amides is 2. The van der Waals surface area contributed by atoms with Gasteiger partial charge >= 0.3 is 0 Å². The molecule has 3 aliphatic rings. The lowest BCUT2D eigenvalue weighted by molar-refractivity contribution is -0.140. The van der Waals surface area contributed by atoms with Gasteiger partial charge in [-0.25, -0.2) is 4.98 Å². The van der Waals surface area contributed by atoms with E-state index in [9.17, 15) is 14.4 Å². The van der Waals surface area contributed by atoms with Crippen molar-refractivity contribution in [3.05, 3.63) is 35.2 Å². The molecule has 3 fully saturated rings. The topological polar surface area (TPSA) is 104 Å². The van der Waals surface area contributed by atoms with Crippen LogP contribution in [0.1, 0.15) is 31.1 Å². The highest BCUT2D eigenvalue weighted by Gasteiger charge is 2.54. The van der Waals surface area contributed by atoms with Gasteiger partial charge in [0.05, 0.1) is 12.2 Å². The first-order chi connectivity index (χ1) is 18.6. The number of carbonyl (C=O) groups is 3. The summed E-state index contributed by atoms with van der Waals surface area (Å²) in [6.45, 7) is 9.86. The molecule has 1 aromatic heterocycles. The maximum Gasteiger partial charge on any atom is 0.251 e. The molecule has 5 rings (SSSR count). The maximum atomic E-state index is 13.7. The summed E-state index contributed by atoms with van der Waals surface area (Å²) in [5, 5.41) is 5.99. The molecule has 4 heterocycles. The molecule has 39 heavy (non-hydrogen) atoms. The van der Waals surface area contributed by atoms with Crippen LogP contribution in [0.4, 0.5) is 5.13 Å². The number of nitrogens with one attached hydrogen (secondary N) is 1. The summed E-state index contributed by atoms with van der Waals surface area (Å²) in [6, 6.07) is 5.76. The second-order valence-corrected chi connectivity index (χ2v) is 12.4. The van der Waals surface area contributed by atoms with Gasteiger partial charge in [-0.1, -0.05) is 32.9 Å². The summed E-state index contributed by atoms with van der Waals surface area (Å²) in [7, 11) is 3.68. The number of thiazole rings is 1. The van der Waals surface area contributed by atoms with Gasteiger partial charge in [-0.15, -0.1) is 11.3 Å². The standard InChI is InChI=1S/C28H37N5O5S/c1-28(2,3)24(26(36)33-14-21(37-5)23-22(33)20(34)15-38-23)30-25(35)18-8-6-17(7-9-18)19-16-39-27(29-19)32-12-10-31(4)11-13-32/h6-9,16,21-24H,10-15H2,1-5H3,(H,30,35)/t21-,22-,23-,24?/m1/s1. The van der Waals surface area contributed by atoms with E-state index in [1.165, 1.54) is 4.90 Å². The molecule has 1 aromatic carbocycles. The number of hydrogen-bond acceptors (Lipinski definition) is 9. The Balaban J connectivity index is 1.28. The third-order valence-electron chi connectivity index (χ3n) is 7.82. The number of methoxy groups -OCH3 is 1. The van der Waals surface area contributed by atoms with Crippen LogP contribution in [-0.2, 0) is 19.1 Å². The Hall–Kier alpha value is -2.86. The number of likely N-dealkylation sites (N-methyl/N-ethyl adjacent to an activating group) is 1. The average molecular weight is 556 g/mol. The van der Waals surface area contributed by atoms with Gasteiger partial charge in [-0.3, -0.25) is 14.4 Å². The number of Topliss-reactive ketones (excluding diaryl/α,β-unsaturated/α-hetero) is 1. The predicted molar refractivity (Wildman–Crippen MR) is 149 cm³/mol. The molecular weight excluding hydrogens is 518 g/mol. The molecule has 11 heteroatoms. The van der Waals surface area contributed by atoms with Crippen LogP contribution in [0.15, 0.2) is 29.6 Å². The van der Waals surface area contributed by atoms with E-state index in [1.54, 1.807) is 30.6 Å². The third kappa shape index (κ3) is 5.58. The number of hydrogen-bond donors (Lipinski definition) is 1. The molecule has 3 saturated heterocycles. The van der Waals surface area contributed by atoms with E-state index in [-0.39, 0.29) is 36.9 Å². The Kier molecular flexibility index (Phi) is 7.78. The van der Waals surface area contributed by atoms with E-state index < -0.39 is 23.6 Å². The van der Waals surface area contributed by atoms with Crippen LogP contribution in [0.25, 0.3) is 11.3 Å². The molecule has 3 aliphatic heterocycles. The van der Waals surface area contributed by atoms with Gasteiger partial charge < -0.3 is 29.5 Å². The van der Waals surface area contributed by atoms with E-state index >= 15 is 0 Å². The van der Waals surface area contributed by atoms with E-state index in [0.29, 0.717) is 5.56 Å². The van der Waals surface area contributed by atoms with Gasteiger partial charge in [0.2, 0.25) is 5.91 Å². The number of carbonyl (C=O) groups excluding carboxylic acids is 3. The number of fused-ring (bicyclic) bond motifs is 1. The second-order valence-electron chi connectivity index (χ2n) is 11.6. The van der Waals surface area contributed by atoms with Crippen molar-refractivity contribution in [1.82, 2.24) is 20.1 Å². The Morgan fingerprint density at radius 1 is 1.15 bits per heavy atom. The predicted octanol–water partition coefficient (Wildman–Crippen LogP) is 1.90. The molecular formula is C28H37N5O5S. The number of anilines is 1. The summed E-state index contributed by atoms with van der Waals surface area (Å²) in [5.41, 5.74) is 1.67. The van der Waals surface area contributed by atoms with Crippen molar-refractivity contribution < 1.29 is 23.9 Å². The minimum absolute atomic E-state index is 0.0340. The summed E-state index contributed by atoms with van der Waals surface area (Å²) < 4.78 is 11.1. The number of nitrogens with zero attached hydrogens (tertiary/aromatic N) is 4. The van der Waals surface area contributed by atoms with E-state index in [2.05, 4.69) is 22.2 Å². The van der Waals surface area contributed by atoms with E-state index in [4.69, 9.17) is 14.5 Å². The number of rotatable bonds is 6. The fourth-order valence-electron chi connectivity index (χ4n) is 5.41. The van der Waals surface area contributed by atoms with Gasteiger partial charge in [0.1, 0.15) is 30.9 Å². The van der Waals surface area contributed by atoms with Crippen LogP contribution in [0.3, 0.4) is 0 Å². The molecule has 2 amide bonds. The smallest absolute Gasteiger partial charge is 0.251 e. The largest absolute Gasteiger partial charge is 0.377 e. The lowest BCUT2D eigenvalue weighted by atomic mass is 9.85. The molecule has 0 radical (unpaired) electrons. The molecule has 4 atom stereocenters. The van der Waals surface area contributed by atoms with E-state index in [1.807, 2.05) is 38.3 Å². The van der Waals surface area contributed by atoms with Gasteiger partial charge in [0, 0.05) is 49.8 Å². The van der Waals surface area contributed by atoms with Crippen LogP contribution in [-0.4, -0.2) is 110 Å². The second kappa shape index (κ2) is 11.0. The molecule has 10 nitrogen and oxygen atoms in total. The molecule has 0 spiro atoms. The molecule has 210 valence electrons. The zero-order valence-corrected chi connectivity index (χ0v) is 24.0. The van der Waals surface area contributed by atoms with Gasteiger partial charge in [0.15, 0.2) is 10.9 Å². The molecule has 1 unspecified atom stereocenters. The average Bonchev–Trinajstić information content (AvgIpc) is 3.64. The van der Waals surface area contributed by atoms with Crippen molar-refractivity contribution in [2.75, 3.05) is 58.4 Å². The monoisotopic (exact) mass is 555 g/mol. The molecule has 0 aliphatic carbocycles. The highest BCUT2D eigenvalue weighted by atomic mass is 32.1. The SMILES string of the molecule is CO[C@@H]1CN(C(=O)C(NC(=O)c2ccc(-c3csc(N4CCN(C)CC4)n3)cc2)C(C)(C)C)[C@@H]2C(=O)CO[C@@H]21. The van der Waals surface area contributed by atoms with Crippen molar-refractivity contribution in [3.8, 4) is 11.3 Å². The fraction of sp³-hybridized carbons (Fsp3) is 0.571. The third-order valence-corrected chi connectivity index (χ3v) is 8.72. The number of likely N-dealkylation sites (tertiary alicyclic amines) is 1. The Bertz CT molecular complexity index is 1220. The Morgan fingerprint density at radius 3 is 2.49 bits per heavy atom. The zero-order chi connectivity index (χ0) is 27.9. The van der Waals surface area contributed by atoms with Crippen LogP contribution >= 0.6 is 11.3 Å². The quantitative estimate of drug-likeness (QED) is 0.577. The zero-order valence-electron chi connectivity index (χ0n) is 23.2. The van der Waals surface area contributed by atoms with Gasteiger partial charge in [-0.05, 0) is 24.6 Å². The first-order valence-corrected chi connectivity index (χ1v) is 14.2. The van der Waals surface area contributed by atoms with Crippen molar-refractivity contribution in [2.24, 2.45) is 5.41 Å². The van der Waals surface area contributed by atoms with E-state index in [0.717, 1.165) is 42.6 Å². The van der Waals surface area contributed by atoms with Crippen LogP contribution in [0.2, 0.25) is 0 Å². The highest BCUT2D eigenvalue weighted by Crippen LogP contribution is 2.32. The van der Waals surface area contributed by atoms with Crippen LogP contribution < -0.4 is 10.2 Å². The summed E-state index contributed by atoms with van der Waals surface area (Å²) in [6.07, 6.45) is -0.852. The summed E-state index contributed by atoms with van der Waals surface area (Å²) in [4.78, 5) is 50.5. The Morgan fingerprint density at radius 2 is 1.85 bits per heavy atom. The number of ether oxygens (including phenoxy) is 2. The number of aromatic nitrogens is 1. The van der Waals surface area contributed by atoms with Gasteiger partial charge in [0.25, 0.3) is 5.91 Å². The van der Waals surface area contributed by atoms with Crippen LogP contribution in [0, 0.1) is 5.41 Å². The maximum absolute atomic E-state index is 13.7. The van der Waals surface area contributed by atoms with Crippen molar-refractivity contribution in [1.29, 1.82) is 0 Å². The first-order valence-electron chi connectivity index (χ1n) is 13.3. The highest BCUT2D eigenvalue weighted by molar-refractivity contribution is 7.14. The van der Waals surface area contributed by atoms with Crippen molar-refractivity contribution in [2.45, 2.75) is 45.1 Å².